The summed E-state index contributed by atoms with van der Waals surface area (Å²) >= 11 is 1.28. The van der Waals surface area contributed by atoms with Crippen LogP contribution in [0.5, 0.6) is 5.75 Å². The van der Waals surface area contributed by atoms with Crippen molar-refractivity contribution in [3.05, 3.63) is 48.0 Å². The molecule has 0 atom stereocenters. The van der Waals surface area contributed by atoms with Crippen LogP contribution >= 0.6 is 11.3 Å². The standard InChI is InChI=1S/C22H25N3O4S2/c1-16-7-2-3-8-19(16)29-14-6-9-21(26)24-22-23-18-11-10-17(15-20(18)30-22)31(27,28)25-12-4-5-13-25/h2-3,7-8,10-11,15H,4-6,9,12-14H2,1H3,(H,23,24,26). The van der Waals surface area contributed by atoms with Crippen LogP contribution in [0.3, 0.4) is 0 Å². The molecule has 0 saturated carbocycles. The van der Waals surface area contributed by atoms with E-state index in [4.69, 9.17) is 4.74 Å². The lowest BCUT2D eigenvalue weighted by Crippen LogP contribution is -2.27. The number of thiazole rings is 1. The van der Waals surface area contributed by atoms with Crippen LogP contribution < -0.4 is 10.1 Å². The molecule has 0 bridgehead atoms. The van der Waals surface area contributed by atoms with Crippen molar-refractivity contribution in [3.8, 4) is 5.75 Å². The number of aryl methyl sites for hydroxylation is 1. The molecule has 7 nitrogen and oxygen atoms in total. The molecule has 3 aromatic rings. The normalized spacial score (nSPS) is 14.7. The number of hydrogen-bond donors (Lipinski definition) is 1. The number of fused-ring (bicyclic) bond motifs is 1. The van der Waals surface area contributed by atoms with Crippen molar-refractivity contribution in [3.63, 3.8) is 0 Å². The zero-order valence-electron chi connectivity index (χ0n) is 17.3. The second-order valence-corrected chi connectivity index (χ2v) is 10.5. The van der Waals surface area contributed by atoms with Crippen LogP contribution in [0.25, 0.3) is 10.2 Å². The molecule has 1 aromatic heterocycles. The van der Waals surface area contributed by atoms with Gasteiger partial charge in [0, 0.05) is 19.5 Å². The van der Waals surface area contributed by atoms with Gasteiger partial charge in [0.25, 0.3) is 0 Å². The van der Waals surface area contributed by atoms with Gasteiger partial charge in [0.05, 0.1) is 21.7 Å². The van der Waals surface area contributed by atoms with Gasteiger partial charge in [-0.3, -0.25) is 4.79 Å². The fraction of sp³-hybridized carbons (Fsp3) is 0.364. The van der Waals surface area contributed by atoms with Gasteiger partial charge in [0.1, 0.15) is 5.75 Å². The van der Waals surface area contributed by atoms with Gasteiger partial charge in [-0.05, 0) is 56.0 Å². The second-order valence-electron chi connectivity index (χ2n) is 7.53. The van der Waals surface area contributed by atoms with Crippen LogP contribution in [0, 0.1) is 6.92 Å². The molecule has 164 valence electrons. The minimum atomic E-state index is -3.47. The molecule has 9 heteroatoms. The molecule has 0 spiro atoms. The summed E-state index contributed by atoms with van der Waals surface area (Å²) in [6.07, 6.45) is 2.70. The number of anilines is 1. The molecule has 1 N–H and O–H groups in total. The van der Waals surface area contributed by atoms with Gasteiger partial charge in [0.15, 0.2) is 5.13 Å². The fourth-order valence-corrected chi connectivity index (χ4v) is 6.05. The summed E-state index contributed by atoms with van der Waals surface area (Å²) in [6, 6.07) is 12.7. The molecular weight excluding hydrogens is 434 g/mol. The average Bonchev–Trinajstić information content (AvgIpc) is 3.42. The van der Waals surface area contributed by atoms with E-state index in [0.717, 1.165) is 28.9 Å². The molecule has 0 aliphatic carbocycles. The molecule has 1 amide bonds. The second kappa shape index (κ2) is 9.33. The highest BCUT2D eigenvalue weighted by Crippen LogP contribution is 2.30. The Kier molecular flexibility index (Phi) is 6.54. The number of nitrogens with one attached hydrogen (secondary N) is 1. The summed E-state index contributed by atoms with van der Waals surface area (Å²) in [6.45, 7) is 3.57. The van der Waals surface area contributed by atoms with Crippen molar-refractivity contribution in [2.75, 3.05) is 25.0 Å². The maximum absolute atomic E-state index is 12.8. The predicted octanol–water partition coefficient (Wildman–Crippen LogP) is 4.19. The molecule has 0 unspecified atom stereocenters. The number of carbonyl (C=O) groups is 1. The number of hydrogen-bond acceptors (Lipinski definition) is 6. The maximum atomic E-state index is 12.8. The van der Waals surface area contributed by atoms with E-state index in [2.05, 4.69) is 10.3 Å². The van der Waals surface area contributed by atoms with Crippen LogP contribution in [0.2, 0.25) is 0 Å². The summed E-state index contributed by atoms with van der Waals surface area (Å²) in [5.74, 6) is 0.686. The largest absolute Gasteiger partial charge is 0.493 e. The van der Waals surface area contributed by atoms with E-state index < -0.39 is 10.0 Å². The van der Waals surface area contributed by atoms with E-state index in [9.17, 15) is 13.2 Å². The monoisotopic (exact) mass is 459 g/mol. The number of para-hydroxylation sites is 1. The van der Waals surface area contributed by atoms with Crippen molar-refractivity contribution in [1.82, 2.24) is 9.29 Å². The van der Waals surface area contributed by atoms with E-state index in [1.807, 2.05) is 31.2 Å². The Hall–Kier alpha value is -2.49. The van der Waals surface area contributed by atoms with Crippen LogP contribution in [0.1, 0.15) is 31.2 Å². The van der Waals surface area contributed by atoms with Gasteiger partial charge in [-0.15, -0.1) is 0 Å². The van der Waals surface area contributed by atoms with E-state index >= 15 is 0 Å². The lowest BCUT2D eigenvalue weighted by atomic mass is 10.2. The van der Waals surface area contributed by atoms with Crippen molar-refractivity contribution in [2.45, 2.75) is 37.5 Å². The van der Waals surface area contributed by atoms with Gasteiger partial charge < -0.3 is 10.1 Å². The Labute approximate surface area is 186 Å². The van der Waals surface area contributed by atoms with Crippen molar-refractivity contribution < 1.29 is 17.9 Å². The summed E-state index contributed by atoms with van der Waals surface area (Å²) in [4.78, 5) is 16.9. The smallest absolute Gasteiger partial charge is 0.243 e. The highest BCUT2D eigenvalue weighted by atomic mass is 32.2. The van der Waals surface area contributed by atoms with Gasteiger partial charge >= 0.3 is 0 Å². The van der Waals surface area contributed by atoms with Crippen molar-refractivity contribution in [2.24, 2.45) is 0 Å². The quantitative estimate of drug-likeness (QED) is 0.511. The lowest BCUT2D eigenvalue weighted by Gasteiger charge is -2.15. The summed E-state index contributed by atoms with van der Waals surface area (Å²) in [5.41, 5.74) is 1.73. The molecule has 1 saturated heterocycles. The third kappa shape index (κ3) is 5.06. The third-order valence-electron chi connectivity index (χ3n) is 5.21. The molecule has 0 radical (unpaired) electrons. The van der Waals surface area contributed by atoms with Crippen LogP contribution in [-0.4, -0.2) is 43.3 Å². The Bertz CT molecular complexity index is 1180. The number of sulfonamides is 1. The molecule has 2 heterocycles. The minimum absolute atomic E-state index is 0.141. The Balaban J connectivity index is 1.34. The van der Waals surface area contributed by atoms with Crippen molar-refractivity contribution in [1.29, 1.82) is 0 Å². The number of benzene rings is 2. The zero-order chi connectivity index (χ0) is 21.8. The first-order valence-corrected chi connectivity index (χ1v) is 12.6. The van der Waals surface area contributed by atoms with Crippen LogP contribution in [0.4, 0.5) is 5.13 Å². The Morgan fingerprint density at radius 3 is 2.74 bits per heavy atom. The van der Waals surface area contributed by atoms with Gasteiger partial charge in [-0.2, -0.15) is 4.31 Å². The van der Waals surface area contributed by atoms with Gasteiger partial charge in [0.2, 0.25) is 15.9 Å². The number of aromatic nitrogens is 1. The molecule has 1 aliphatic heterocycles. The van der Waals surface area contributed by atoms with Crippen LogP contribution in [-0.2, 0) is 14.8 Å². The molecule has 1 aliphatic rings. The predicted molar refractivity (Wildman–Crippen MR) is 122 cm³/mol. The molecule has 4 rings (SSSR count). The van der Waals surface area contributed by atoms with E-state index in [-0.39, 0.29) is 10.8 Å². The first-order chi connectivity index (χ1) is 14.9. The molecule has 2 aromatic carbocycles. The topological polar surface area (TPSA) is 88.6 Å². The number of ether oxygens (including phenoxy) is 1. The average molecular weight is 460 g/mol. The number of nitrogens with zero attached hydrogens (tertiary/aromatic N) is 2. The maximum Gasteiger partial charge on any atom is 0.243 e. The van der Waals surface area contributed by atoms with Gasteiger partial charge in [-0.25, -0.2) is 13.4 Å². The Morgan fingerprint density at radius 2 is 1.97 bits per heavy atom. The first kappa shape index (κ1) is 21.7. The SMILES string of the molecule is Cc1ccccc1OCCCC(=O)Nc1nc2ccc(S(=O)(=O)N3CCCC3)cc2s1. The highest BCUT2D eigenvalue weighted by Gasteiger charge is 2.27. The van der Waals surface area contributed by atoms with E-state index in [1.54, 1.807) is 18.2 Å². The zero-order valence-corrected chi connectivity index (χ0v) is 19.0. The fourth-order valence-electron chi connectivity index (χ4n) is 3.51. The Morgan fingerprint density at radius 1 is 1.19 bits per heavy atom. The lowest BCUT2D eigenvalue weighted by molar-refractivity contribution is -0.116. The summed E-state index contributed by atoms with van der Waals surface area (Å²) in [5, 5.41) is 3.28. The minimum Gasteiger partial charge on any atom is -0.493 e. The molecule has 1 fully saturated rings. The summed E-state index contributed by atoms with van der Waals surface area (Å²) in [7, 11) is -3.47. The first-order valence-electron chi connectivity index (χ1n) is 10.3. The van der Waals surface area contributed by atoms with Crippen molar-refractivity contribution >= 4 is 42.6 Å². The van der Waals surface area contributed by atoms with E-state index in [0.29, 0.717) is 43.2 Å². The number of rotatable bonds is 8. The molecular formula is C22H25N3O4S2. The summed E-state index contributed by atoms with van der Waals surface area (Å²) < 4.78 is 33.5. The molecule has 31 heavy (non-hydrogen) atoms. The highest BCUT2D eigenvalue weighted by molar-refractivity contribution is 7.89. The number of carbonyl (C=O) groups excluding carboxylic acids is 1. The van der Waals surface area contributed by atoms with E-state index in [1.165, 1.54) is 15.6 Å². The van der Waals surface area contributed by atoms with Crippen LogP contribution in [0.15, 0.2) is 47.4 Å². The van der Waals surface area contributed by atoms with Gasteiger partial charge in [-0.1, -0.05) is 29.5 Å². The third-order valence-corrected chi connectivity index (χ3v) is 8.04. The number of amides is 1.